The minimum atomic E-state index is -0.296. The molecule has 1 heterocycles. The summed E-state index contributed by atoms with van der Waals surface area (Å²) in [6, 6.07) is 0.654. The van der Waals surface area contributed by atoms with Crippen molar-refractivity contribution in [1.82, 2.24) is 10.2 Å². The Morgan fingerprint density at radius 3 is 2.52 bits per heavy atom. The third-order valence-corrected chi connectivity index (χ3v) is 5.58. The summed E-state index contributed by atoms with van der Waals surface area (Å²) < 4.78 is 5.68. The molecule has 0 aromatic carbocycles. The maximum atomic E-state index is 12.5. The minimum Gasteiger partial charge on any atom is -0.366 e. The van der Waals surface area contributed by atoms with Gasteiger partial charge in [0.1, 0.15) is 6.10 Å². The lowest BCUT2D eigenvalue weighted by molar-refractivity contribution is -0.140. The van der Waals surface area contributed by atoms with E-state index < -0.39 is 0 Å². The summed E-state index contributed by atoms with van der Waals surface area (Å²) in [5, 5.41) is 3.31. The van der Waals surface area contributed by atoms with Crippen molar-refractivity contribution in [3.05, 3.63) is 0 Å². The largest absolute Gasteiger partial charge is 0.366 e. The molecule has 3 rings (SSSR count). The molecule has 0 aromatic rings. The second-order valence-corrected chi connectivity index (χ2v) is 6.97. The summed E-state index contributed by atoms with van der Waals surface area (Å²) in [6.45, 7) is 5.44. The van der Waals surface area contributed by atoms with E-state index in [1.165, 1.54) is 19.3 Å². The molecule has 0 radical (unpaired) electrons. The standard InChI is InChI=1S/C16H29N3O2.2ClH/c1-2-19-6-7-21-14(10-19)16(20)18-15-11-4-3-5-12(15)9-13(17)8-11;;/h11-15H,2-10,17H2,1H3,(H,18,20);2*1H. The monoisotopic (exact) mass is 367 g/mol. The van der Waals surface area contributed by atoms with Gasteiger partial charge in [-0.25, -0.2) is 0 Å². The number of nitrogens with two attached hydrogens (primary N) is 1. The second-order valence-electron chi connectivity index (χ2n) is 6.97. The molecule has 3 aliphatic rings. The average Bonchev–Trinajstić information content (AvgIpc) is 2.48. The van der Waals surface area contributed by atoms with Crippen LogP contribution in [-0.2, 0) is 9.53 Å². The van der Waals surface area contributed by atoms with E-state index in [1.807, 2.05) is 0 Å². The number of nitrogens with one attached hydrogen (secondary N) is 1. The Bertz CT molecular complexity index is 372. The van der Waals surface area contributed by atoms with Crippen molar-refractivity contribution in [2.45, 2.75) is 57.2 Å². The quantitative estimate of drug-likeness (QED) is 0.794. The van der Waals surface area contributed by atoms with Gasteiger partial charge in [-0.05, 0) is 44.1 Å². The number of hydrogen-bond acceptors (Lipinski definition) is 4. The summed E-state index contributed by atoms with van der Waals surface area (Å²) in [4.78, 5) is 14.8. The third-order valence-electron chi connectivity index (χ3n) is 5.58. The third kappa shape index (κ3) is 4.95. The molecule has 7 heteroatoms. The number of carbonyl (C=O) groups is 1. The van der Waals surface area contributed by atoms with Gasteiger partial charge in [0.05, 0.1) is 6.61 Å². The first-order chi connectivity index (χ1) is 10.2. The van der Waals surface area contributed by atoms with Crippen LogP contribution in [0.1, 0.15) is 39.0 Å². The lowest BCUT2D eigenvalue weighted by Crippen LogP contribution is -2.58. The van der Waals surface area contributed by atoms with Gasteiger partial charge < -0.3 is 15.8 Å². The zero-order valence-corrected chi connectivity index (χ0v) is 15.5. The molecule has 0 aromatic heterocycles. The van der Waals surface area contributed by atoms with Crippen LogP contribution in [0.25, 0.3) is 0 Å². The molecular formula is C16H31Cl2N3O2. The second kappa shape index (κ2) is 9.42. The highest BCUT2D eigenvalue weighted by Gasteiger charge is 2.41. The van der Waals surface area contributed by atoms with Gasteiger partial charge in [-0.2, -0.15) is 0 Å². The number of halogens is 2. The van der Waals surface area contributed by atoms with E-state index in [9.17, 15) is 4.79 Å². The zero-order valence-electron chi connectivity index (χ0n) is 13.9. The molecule has 5 nitrogen and oxygen atoms in total. The SMILES string of the molecule is CCN1CCOC(C(=O)NC2C3CCCC2CC(N)C3)C1.Cl.Cl. The number of likely N-dealkylation sites (N-methyl/N-ethyl adjacent to an activating group) is 1. The lowest BCUT2D eigenvalue weighted by atomic mass is 9.67. The van der Waals surface area contributed by atoms with Gasteiger partial charge >= 0.3 is 0 Å². The van der Waals surface area contributed by atoms with Crippen LogP contribution >= 0.6 is 24.8 Å². The Balaban J connectivity index is 0.00000132. The Morgan fingerprint density at radius 2 is 1.91 bits per heavy atom. The fraction of sp³-hybridized carbons (Fsp3) is 0.938. The molecule has 136 valence electrons. The maximum absolute atomic E-state index is 12.5. The molecule has 1 amide bonds. The van der Waals surface area contributed by atoms with E-state index in [1.54, 1.807) is 0 Å². The molecule has 2 aliphatic carbocycles. The highest BCUT2D eigenvalue weighted by atomic mass is 35.5. The summed E-state index contributed by atoms with van der Waals surface area (Å²) in [7, 11) is 0. The van der Waals surface area contributed by atoms with E-state index in [0.717, 1.165) is 32.5 Å². The molecule has 3 unspecified atom stereocenters. The van der Waals surface area contributed by atoms with Crippen molar-refractivity contribution >= 4 is 30.7 Å². The zero-order chi connectivity index (χ0) is 14.8. The molecule has 0 spiro atoms. The van der Waals surface area contributed by atoms with E-state index in [4.69, 9.17) is 10.5 Å². The predicted molar refractivity (Wildman–Crippen MR) is 96.3 cm³/mol. The highest BCUT2D eigenvalue weighted by Crippen LogP contribution is 2.39. The number of nitrogens with zero attached hydrogens (tertiary/aromatic N) is 1. The highest BCUT2D eigenvalue weighted by molar-refractivity contribution is 5.85. The molecular weight excluding hydrogens is 337 g/mol. The van der Waals surface area contributed by atoms with Gasteiger partial charge in [-0.1, -0.05) is 13.3 Å². The van der Waals surface area contributed by atoms with Gasteiger partial charge in [-0.15, -0.1) is 24.8 Å². The van der Waals surface area contributed by atoms with Crippen LogP contribution in [0, 0.1) is 11.8 Å². The van der Waals surface area contributed by atoms with Crippen molar-refractivity contribution < 1.29 is 9.53 Å². The first-order valence-corrected chi connectivity index (χ1v) is 8.57. The summed E-state index contributed by atoms with van der Waals surface area (Å²) >= 11 is 0. The van der Waals surface area contributed by atoms with Crippen LogP contribution in [0.2, 0.25) is 0 Å². The Morgan fingerprint density at radius 1 is 1.26 bits per heavy atom. The van der Waals surface area contributed by atoms with Crippen molar-refractivity contribution in [3.8, 4) is 0 Å². The van der Waals surface area contributed by atoms with Crippen molar-refractivity contribution in [2.24, 2.45) is 17.6 Å². The Hall–Kier alpha value is -0.0700. The number of ether oxygens (including phenoxy) is 1. The van der Waals surface area contributed by atoms with Gasteiger partial charge in [0, 0.05) is 25.2 Å². The number of carbonyl (C=O) groups excluding carboxylic acids is 1. The number of amides is 1. The molecule has 1 aliphatic heterocycles. The van der Waals surface area contributed by atoms with Crippen LogP contribution in [0.5, 0.6) is 0 Å². The van der Waals surface area contributed by atoms with E-state index >= 15 is 0 Å². The first-order valence-electron chi connectivity index (χ1n) is 8.57. The predicted octanol–water partition coefficient (Wildman–Crippen LogP) is 1.57. The molecule has 3 N–H and O–H groups in total. The van der Waals surface area contributed by atoms with Crippen molar-refractivity contribution in [1.29, 1.82) is 0 Å². The fourth-order valence-corrected chi connectivity index (χ4v) is 4.43. The normalized spacial score (nSPS) is 37.2. The minimum absolute atomic E-state index is 0. The first kappa shape index (κ1) is 21.0. The smallest absolute Gasteiger partial charge is 0.250 e. The van der Waals surface area contributed by atoms with Crippen LogP contribution in [0.3, 0.4) is 0 Å². The number of morpholine rings is 1. The Labute approximate surface area is 151 Å². The Kier molecular flexibility index (Phi) is 8.59. The van der Waals surface area contributed by atoms with E-state index in [2.05, 4.69) is 17.1 Å². The van der Waals surface area contributed by atoms with Crippen LogP contribution in [0.15, 0.2) is 0 Å². The number of rotatable bonds is 3. The van der Waals surface area contributed by atoms with Crippen LogP contribution < -0.4 is 11.1 Å². The summed E-state index contributed by atoms with van der Waals surface area (Å²) in [6.07, 6.45) is 5.54. The van der Waals surface area contributed by atoms with E-state index in [-0.39, 0.29) is 36.8 Å². The van der Waals surface area contributed by atoms with E-state index in [0.29, 0.717) is 30.5 Å². The number of fused-ring (bicyclic) bond motifs is 2. The molecule has 3 fully saturated rings. The molecule has 2 bridgehead atoms. The fourth-order valence-electron chi connectivity index (χ4n) is 4.43. The molecule has 1 saturated heterocycles. The van der Waals surface area contributed by atoms with Crippen molar-refractivity contribution in [3.63, 3.8) is 0 Å². The summed E-state index contributed by atoms with van der Waals surface area (Å²) in [5.74, 6) is 1.23. The molecule has 23 heavy (non-hydrogen) atoms. The maximum Gasteiger partial charge on any atom is 0.250 e. The molecule has 2 saturated carbocycles. The van der Waals surface area contributed by atoms with Crippen LogP contribution in [-0.4, -0.2) is 55.2 Å². The van der Waals surface area contributed by atoms with Crippen LogP contribution in [0.4, 0.5) is 0 Å². The van der Waals surface area contributed by atoms with Gasteiger partial charge in [0.25, 0.3) is 5.91 Å². The lowest BCUT2D eigenvalue weighted by Gasteiger charge is -2.45. The topological polar surface area (TPSA) is 67.6 Å². The van der Waals surface area contributed by atoms with Crippen molar-refractivity contribution in [2.75, 3.05) is 26.2 Å². The van der Waals surface area contributed by atoms with Gasteiger partial charge in [0.15, 0.2) is 0 Å². The average molecular weight is 368 g/mol. The number of hydrogen-bond donors (Lipinski definition) is 2. The van der Waals surface area contributed by atoms with Gasteiger partial charge in [-0.3, -0.25) is 9.69 Å². The van der Waals surface area contributed by atoms with Gasteiger partial charge in [0.2, 0.25) is 0 Å². The molecule has 3 atom stereocenters. The summed E-state index contributed by atoms with van der Waals surface area (Å²) in [5.41, 5.74) is 6.15.